The van der Waals surface area contributed by atoms with Crippen molar-refractivity contribution in [2.45, 2.75) is 39.2 Å². The number of aliphatic carboxylic acids is 1. The molecule has 2 unspecified atom stereocenters. The van der Waals surface area contributed by atoms with E-state index in [2.05, 4.69) is 13.8 Å². The van der Waals surface area contributed by atoms with Crippen molar-refractivity contribution in [2.75, 3.05) is 6.61 Å². The third-order valence-corrected chi connectivity index (χ3v) is 3.65. The first-order chi connectivity index (χ1) is 8.80. The summed E-state index contributed by atoms with van der Waals surface area (Å²) in [6, 6.07) is 4.32. The lowest BCUT2D eigenvalue weighted by molar-refractivity contribution is -0.138. The van der Waals surface area contributed by atoms with Crippen LogP contribution in [0.4, 0.5) is 4.39 Å². The molecule has 1 N–H and O–H groups in total. The Kier molecular flexibility index (Phi) is 3.63. The van der Waals surface area contributed by atoms with Crippen molar-refractivity contribution in [3.8, 4) is 0 Å². The maximum absolute atomic E-state index is 13.4. The molecule has 1 fully saturated rings. The monoisotopic (exact) mass is 266 g/mol. The number of benzene rings is 1. The molecule has 104 valence electrons. The number of hydrogen-bond donors (Lipinski definition) is 1. The highest BCUT2D eigenvalue weighted by Gasteiger charge is 2.35. The molecule has 19 heavy (non-hydrogen) atoms. The number of halogens is 1. The second kappa shape index (κ2) is 4.93. The smallest absolute Gasteiger partial charge is 0.310 e. The molecule has 1 aromatic carbocycles. The third-order valence-electron chi connectivity index (χ3n) is 3.65. The molecule has 0 saturated carbocycles. The average molecular weight is 266 g/mol. The van der Waals surface area contributed by atoms with Gasteiger partial charge in [0.15, 0.2) is 0 Å². The van der Waals surface area contributed by atoms with Gasteiger partial charge in [-0.05, 0) is 42.0 Å². The number of rotatable bonds is 3. The molecule has 1 aliphatic heterocycles. The van der Waals surface area contributed by atoms with Crippen molar-refractivity contribution in [3.63, 3.8) is 0 Å². The normalized spacial score (nSPS) is 23.3. The second-order valence-corrected chi connectivity index (χ2v) is 6.00. The summed E-state index contributed by atoms with van der Waals surface area (Å²) < 4.78 is 19.1. The van der Waals surface area contributed by atoms with Gasteiger partial charge in [-0.1, -0.05) is 19.9 Å². The minimum Gasteiger partial charge on any atom is -0.481 e. The Balaban J connectivity index is 2.38. The molecular weight excluding hydrogens is 247 g/mol. The molecule has 0 spiro atoms. The fourth-order valence-corrected chi connectivity index (χ4v) is 2.49. The Hall–Kier alpha value is -1.42. The molecule has 0 radical (unpaired) electrons. The van der Waals surface area contributed by atoms with E-state index in [1.807, 2.05) is 0 Å². The van der Waals surface area contributed by atoms with Crippen molar-refractivity contribution in [2.24, 2.45) is 5.41 Å². The van der Waals surface area contributed by atoms with Crippen LogP contribution in [0.5, 0.6) is 0 Å². The van der Waals surface area contributed by atoms with Crippen LogP contribution in [0.1, 0.15) is 50.3 Å². The second-order valence-electron chi connectivity index (χ2n) is 6.00. The number of hydrogen-bond acceptors (Lipinski definition) is 2. The Bertz CT molecular complexity index is 496. The fraction of sp³-hybridized carbons (Fsp3) is 0.533. The lowest BCUT2D eigenvalue weighted by Crippen LogP contribution is -2.13. The zero-order chi connectivity index (χ0) is 14.2. The standard InChI is InChI=1S/C15H19FO3/c1-9(14(17)18)12-6-10(16)4-5-11(12)13-7-15(2,3)8-19-13/h4-6,9,13H,7-8H2,1-3H3,(H,17,18). The topological polar surface area (TPSA) is 46.5 Å². The average Bonchev–Trinajstić information content (AvgIpc) is 2.68. The molecule has 2 rings (SSSR count). The van der Waals surface area contributed by atoms with E-state index in [0.717, 1.165) is 12.0 Å². The summed E-state index contributed by atoms with van der Waals surface area (Å²) in [5.74, 6) is -2.11. The van der Waals surface area contributed by atoms with Crippen LogP contribution >= 0.6 is 0 Å². The number of carboxylic acids is 1. The van der Waals surface area contributed by atoms with Crippen LogP contribution in [-0.4, -0.2) is 17.7 Å². The lowest BCUT2D eigenvalue weighted by atomic mass is 9.85. The first kappa shape index (κ1) is 14.0. The molecule has 2 atom stereocenters. The predicted molar refractivity (Wildman–Crippen MR) is 69.5 cm³/mol. The Morgan fingerprint density at radius 3 is 2.74 bits per heavy atom. The summed E-state index contributed by atoms with van der Waals surface area (Å²) in [6.45, 7) is 6.42. The summed E-state index contributed by atoms with van der Waals surface area (Å²) in [4.78, 5) is 11.1. The molecule has 0 aromatic heterocycles. The van der Waals surface area contributed by atoms with Gasteiger partial charge in [0.2, 0.25) is 0 Å². The zero-order valence-corrected chi connectivity index (χ0v) is 11.4. The first-order valence-corrected chi connectivity index (χ1v) is 6.44. The largest absolute Gasteiger partial charge is 0.481 e. The zero-order valence-electron chi connectivity index (χ0n) is 11.4. The van der Waals surface area contributed by atoms with E-state index >= 15 is 0 Å². The molecule has 3 nitrogen and oxygen atoms in total. The van der Waals surface area contributed by atoms with E-state index < -0.39 is 17.7 Å². The van der Waals surface area contributed by atoms with E-state index in [-0.39, 0.29) is 11.5 Å². The maximum Gasteiger partial charge on any atom is 0.310 e. The van der Waals surface area contributed by atoms with E-state index in [0.29, 0.717) is 12.2 Å². The summed E-state index contributed by atoms with van der Waals surface area (Å²) in [5, 5.41) is 9.13. The van der Waals surface area contributed by atoms with Crippen molar-refractivity contribution < 1.29 is 19.0 Å². The van der Waals surface area contributed by atoms with Crippen LogP contribution in [0, 0.1) is 11.2 Å². The molecule has 0 aliphatic carbocycles. The lowest BCUT2D eigenvalue weighted by Gasteiger charge is -2.19. The summed E-state index contributed by atoms with van der Waals surface area (Å²) >= 11 is 0. The number of carboxylic acid groups (broad SMARTS) is 1. The van der Waals surface area contributed by atoms with Gasteiger partial charge < -0.3 is 9.84 Å². The fourth-order valence-electron chi connectivity index (χ4n) is 2.49. The summed E-state index contributed by atoms with van der Waals surface area (Å²) in [5.41, 5.74) is 1.38. The minimum absolute atomic E-state index is 0.0722. The van der Waals surface area contributed by atoms with Crippen LogP contribution in [-0.2, 0) is 9.53 Å². The molecule has 4 heteroatoms. The van der Waals surface area contributed by atoms with Crippen LogP contribution in [0.3, 0.4) is 0 Å². The Morgan fingerprint density at radius 1 is 1.53 bits per heavy atom. The minimum atomic E-state index is -0.955. The Labute approximate surface area is 112 Å². The molecule has 1 heterocycles. The predicted octanol–water partition coefficient (Wildman–Crippen LogP) is 3.50. The highest BCUT2D eigenvalue weighted by atomic mass is 19.1. The van der Waals surface area contributed by atoms with Crippen molar-refractivity contribution >= 4 is 5.97 Å². The molecule has 1 aliphatic rings. The van der Waals surface area contributed by atoms with Crippen molar-refractivity contribution in [3.05, 3.63) is 35.1 Å². The van der Waals surface area contributed by atoms with Crippen LogP contribution < -0.4 is 0 Å². The first-order valence-electron chi connectivity index (χ1n) is 6.44. The van der Waals surface area contributed by atoms with Crippen LogP contribution in [0.15, 0.2) is 18.2 Å². The van der Waals surface area contributed by atoms with Gasteiger partial charge in [-0.15, -0.1) is 0 Å². The molecule has 0 bridgehead atoms. The van der Waals surface area contributed by atoms with Gasteiger partial charge in [0, 0.05) is 0 Å². The molecular formula is C15H19FO3. The van der Waals surface area contributed by atoms with E-state index in [1.54, 1.807) is 13.0 Å². The van der Waals surface area contributed by atoms with Gasteiger partial charge in [-0.3, -0.25) is 4.79 Å². The highest BCUT2D eigenvalue weighted by molar-refractivity contribution is 5.76. The number of carbonyl (C=O) groups is 1. The quantitative estimate of drug-likeness (QED) is 0.910. The number of ether oxygens (including phenoxy) is 1. The van der Waals surface area contributed by atoms with Gasteiger partial charge in [-0.25, -0.2) is 4.39 Å². The SMILES string of the molecule is CC(C(=O)O)c1cc(F)ccc1C1CC(C)(C)CO1. The van der Waals surface area contributed by atoms with Crippen molar-refractivity contribution in [1.29, 1.82) is 0 Å². The molecule has 1 aromatic rings. The Morgan fingerprint density at radius 2 is 2.21 bits per heavy atom. The summed E-state index contributed by atoms with van der Waals surface area (Å²) in [7, 11) is 0. The third kappa shape index (κ3) is 2.95. The highest BCUT2D eigenvalue weighted by Crippen LogP contribution is 2.42. The van der Waals surface area contributed by atoms with E-state index in [1.165, 1.54) is 12.1 Å². The van der Waals surface area contributed by atoms with Gasteiger partial charge in [0.1, 0.15) is 5.82 Å². The van der Waals surface area contributed by atoms with E-state index in [9.17, 15) is 9.18 Å². The van der Waals surface area contributed by atoms with Crippen LogP contribution in [0.2, 0.25) is 0 Å². The molecule has 1 saturated heterocycles. The molecule has 0 amide bonds. The van der Waals surface area contributed by atoms with Gasteiger partial charge >= 0.3 is 5.97 Å². The summed E-state index contributed by atoms with van der Waals surface area (Å²) in [6.07, 6.45) is 0.672. The van der Waals surface area contributed by atoms with Crippen LogP contribution in [0.25, 0.3) is 0 Å². The van der Waals surface area contributed by atoms with Gasteiger partial charge in [0.25, 0.3) is 0 Å². The van der Waals surface area contributed by atoms with E-state index in [4.69, 9.17) is 9.84 Å². The van der Waals surface area contributed by atoms with Crippen molar-refractivity contribution in [1.82, 2.24) is 0 Å². The maximum atomic E-state index is 13.4. The van der Waals surface area contributed by atoms with Gasteiger partial charge in [0.05, 0.1) is 18.6 Å². The van der Waals surface area contributed by atoms with Gasteiger partial charge in [-0.2, -0.15) is 0 Å².